The molecule has 0 unspecified atom stereocenters. The van der Waals surface area contributed by atoms with Gasteiger partial charge in [-0.25, -0.2) is 4.98 Å². The summed E-state index contributed by atoms with van der Waals surface area (Å²) in [5, 5.41) is 1.61. The van der Waals surface area contributed by atoms with Crippen LogP contribution >= 0.6 is 0 Å². The predicted octanol–water partition coefficient (Wildman–Crippen LogP) is 3.68. The molecule has 1 amide bonds. The van der Waals surface area contributed by atoms with Crippen LogP contribution in [0.5, 0.6) is 0 Å². The maximum atomic E-state index is 13.1. The van der Waals surface area contributed by atoms with Crippen LogP contribution < -0.4 is 5.56 Å². The molecule has 4 rings (SSSR count). The van der Waals surface area contributed by atoms with Crippen molar-refractivity contribution < 1.29 is 4.79 Å². The summed E-state index contributed by atoms with van der Waals surface area (Å²) in [4.78, 5) is 39.2. The largest absolute Gasteiger partial charge is 0.335 e. The third-order valence-corrected chi connectivity index (χ3v) is 5.55. The molecule has 4 aromatic rings. The van der Waals surface area contributed by atoms with Crippen molar-refractivity contribution in [3.63, 3.8) is 0 Å². The van der Waals surface area contributed by atoms with E-state index in [9.17, 15) is 9.59 Å². The zero-order valence-electron chi connectivity index (χ0n) is 17.4. The van der Waals surface area contributed by atoms with E-state index < -0.39 is 0 Å². The van der Waals surface area contributed by atoms with E-state index in [1.54, 1.807) is 17.0 Å². The summed E-state index contributed by atoms with van der Waals surface area (Å²) < 4.78 is 0. The summed E-state index contributed by atoms with van der Waals surface area (Å²) in [7, 11) is 0. The Hall–Kier alpha value is -3.54. The fraction of sp³-hybridized carbons (Fsp3) is 0.250. The first kappa shape index (κ1) is 19.8. The first-order chi connectivity index (χ1) is 14.5. The van der Waals surface area contributed by atoms with Crippen molar-refractivity contribution in [2.75, 3.05) is 6.54 Å². The lowest BCUT2D eigenvalue weighted by Crippen LogP contribution is -2.33. The van der Waals surface area contributed by atoms with E-state index in [1.807, 2.05) is 57.2 Å². The molecule has 2 aromatic carbocycles. The van der Waals surface area contributed by atoms with Crippen LogP contribution in [0.3, 0.4) is 0 Å². The molecular formula is C24H24N4O2. The lowest BCUT2D eigenvalue weighted by Gasteiger charge is -2.22. The first-order valence-electron chi connectivity index (χ1n) is 10.1. The Morgan fingerprint density at radius 1 is 0.967 bits per heavy atom. The molecule has 0 atom stereocenters. The SMILES string of the molecule is CCN(Cc1nc2ccccc2c(=O)[nH]1)C(=O)Cc1c(C)nc2ccccc2c1C. The highest BCUT2D eigenvalue weighted by atomic mass is 16.2. The van der Waals surface area contributed by atoms with Crippen LogP contribution in [0.2, 0.25) is 0 Å². The normalized spacial score (nSPS) is 11.2. The number of amides is 1. The predicted molar refractivity (Wildman–Crippen MR) is 118 cm³/mol. The molecule has 0 fully saturated rings. The molecule has 2 heterocycles. The van der Waals surface area contributed by atoms with Gasteiger partial charge in [-0.15, -0.1) is 0 Å². The Morgan fingerprint density at radius 3 is 2.30 bits per heavy atom. The Labute approximate surface area is 174 Å². The lowest BCUT2D eigenvalue weighted by molar-refractivity contribution is -0.131. The van der Waals surface area contributed by atoms with Gasteiger partial charge in [0, 0.05) is 17.6 Å². The van der Waals surface area contributed by atoms with Crippen LogP contribution in [-0.4, -0.2) is 32.3 Å². The van der Waals surface area contributed by atoms with E-state index in [4.69, 9.17) is 0 Å². The van der Waals surface area contributed by atoms with Gasteiger partial charge in [0.25, 0.3) is 5.56 Å². The number of aryl methyl sites for hydroxylation is 2. The maximum Gasteiger partial charge on any atom is 0.258 e. The molecule has 152 valence electrons. The van der Waals surface area contributed by atoms with Crippen LogP contribution in [0.1, 0.15) is 29.6 Å². The average molecular weight is 400 g/mol. The summed E-state index contributed by atoms with van der Waals surface area (Å²) in [6, 6.07) is 15.2. The molecule has 2 aromatic heterocycles. The van der Waals surface area contributed by atoms with E-state index in [0.717, 1.165) is 27.7 Å². The van der Waals surface area contributed by atoms with Crippen LogP contribution in [0, 0.1) is 13.8 Å². The van der Waals surface area contributed by atoms with Gasteiger partial charge in [-0.3, -0.25) is 14.6 Å². The third kappa shape index (κ3) is 3.68. The number of rotatable bonds is 5. The van der Waals surface area contributed by atoms with Crippen LogP contribution in [0.15, 0.2) is 53.3 Å². The second-order valence-electron chi connectivity index (χ2n) is 7.43. The van der Waals surface area contributed by atoms with E-state index >= 15 is 0 Å². The van der Waals surface area contributed by atoms with Crippen molar-refractivity contribution in [3.8, 4) is 0 Å². The smallest absolute Gasteiger partial charge is 0.258 e. The minimum atomic E-state index is -0.190. The van der Waals surface area contributed by atoms with Gasteiger partial charge in [0.2, 0.25) is 5.91 Å². The number of likely N-dealkylation sites (N-methyl/N-ethyl adjacent to an activating group) is 1. The Bertz CT molecular complexity index is 1310. The molecule has 6 nitrogen and oxygen atoms in total. The highest BCUT2D eigenvalue weighted by Gasteiger charge is 2.18. The highest BCUT2D eigenvalue weighted by Crippen LogP contribution is 2.23. The molecule has 1 N–H and O–H groups in total. The van der Waals surface area contributed by atoms with Crippen molar-refractivity contribution >= 4 is 27.7 Å². The third-order valence-electron chi connectivity index (χ3n) is 5.55. The number of H-pyrrole nitrogens is 1. The zero-order valence-corrected chi connectivity index (χ0v) is 17.4. The molecule has 0 radical (unpaired) electrons. The van der Waals surface area contributed by atoms with Gasteiger partial charge in [-0.2, -0.15) is 0 Å². The average Bonchev–Trinajstić information content (AvgIpc) is 2.75. The summed E-state index contributed by atoms with van der Waals surface area (Å²) in [5.74, 6) is 0.468. The summed E-state index contributed by atoms with van der Waals surface area (Å²) in [6.07, 6.45) is 0.265. The molecule has 0 aliphatic carbocycles. The van der Waals surface area contributed by atoms with E-state index in [2.05, 4.69) is 15.0 Å². The van der Waals surface area contributed by atoms with Gasteiger partial charge in [0.15, 0.2) is 0 Å². The molecule has 30 heavy (non-hydrogen) atoms. The van der Waals surface area contributed by atoms with Crippen LogP contribution in [0.25, 0.3) is 21.8 Å². The topological polar surface area (TPSA) is 79.0 Å². The van der Waals surface area contributed by atoms with Crippen molar-refractivity contribution in [3.05, 3.63) is 81.5 Å². The number of carbonyl (C=O) groups excluding carboxylic acids is 1. The van der Waals surface area contributed by atoms with Crippen LogP contribution in [0.4, 0.5) is 0 Å². The molecule has 0 saturated carbocycles. The van der Waals surface area contributed by atoms with Gasteiger partial charge in [0.05, 0.1) is 29.4 Å². The molecular weight excluding hydrogens is 376 g/mol. The van der Waals surface area contributed by atoms with E-state index in [0.29, 0.717) is 23.3 Å². The molecule has 0 aliphatic rings. The van der Waals surface area contributed by atoms with Gasteiger partial charge in [-0.1, -0.05) is 30.3 Å². The summed E-state index contributed by atoms with van der Waals surface area (Å²) in [6.45, 7) is 6.69. The number of para-hydroxylation sites is 2. The summed E-state index contributed by atoms with van der Waals surface area (Å²) in [5.41, 5.74) is 4.29. The van der Waals surface area contributed by atoms with E-state index in [1.165, 1.54) is 0 Å². The second kappa shape index (κ2) is 8.06. The van der Waals surface area contributed by atoms with E-state index in [-0.39, 0.29) is 24.4 Å². The molecule has 0 bridgehead atoms. The Kier molecular flexibility index (Phi) is 5.31. The number of carbonyl (C=O) groups is 1. The van der Waals surface area contributed by atoms with Crippen molar-refractivity contribution in [1.29, 1.82) is 0 Å². The van der Waals surface area contributed by atoms with Crippen molar-refractivity contribution in [2.24, 2.45) is 0 Å². The van der Waals surface area contributed by atoms with Gasteiger partial charge >= 0.3 is 0 Å². The number of nitrogens with one attached hydrogen (secondary N) is 1. The minimum absolute atomic E-state index is 0.0170. The number of benzene rings is 2. The summed E-state index contributed by atoms with van der Waals surface area (Å²) >= 11 is 0. The van der Waals surface area contributed by atoms with Gasteiger partial charge in [0.1, 0.15) is 5.82 Å². The monoisotopic (exact) mass is 400 g/mol. The van der Waals surface area contributed by atoms with Crippen molar-refractivity contribution in [1.82, 2.24) is 19.9 Å². The number of pyridine rings is 1. The molecule has 0 saturated heterocycles. The number of aromatic amines is 1. The van der Waals surface area contributed by atoms with Crippen LogP contribution in [-0.2, 0) is 17.8 Å². The number of nitrogens with zero attached hydrogens (tertiary/aromatic N) is 3. The van der Waals surface area contributed by atoms with Gasteiger partial charge < -0.3 is 9.88 Å². The number of hydrogen-bond acceptors (Lipinski definition) is 4. The maximum absolute atomic E-state index is 13.1. The number of aromatic nitrogens is 3. The second-order valence-corrected chi connectivity index (χ2v) is 7.43. The highest BCUT2D eigenvalue weighted by molar-refractivity contribution is 5.86. The molecule has 0 spiro atoms. The number of fused-ring (bicyclic) bond motifs is 2. The zero-order chi connectivity index (χ0) is 21.3. The molecule has 6 heteroatoms. The quantitative estimate of drug-likeness (QED) is 0.554. The Morgan fingerprint density at radius 2 is 1.60 bits per heavy atom. The minimum Gasteiger partial charge on any atom is -0.335 e. The fourth-order valence-corrected chi connectivity index (χ4v) is 3.86. The Balaban J connectivity index is 1.61. The van der Waals surface area contributed by atoms with Gasteiger partial charge in [-0.05, 0) is 50.1 Å². The lowest BCUT2D eigenvalue weighted by atomic mass is 9.99. The van der Waals surface area contributed by atoms with Crippen molar-refractivity contribution in [2.45, 2.75) is 33.7 Å². The molecule has 0 aliphatic heterocycles. The number of hydrogen-bond donors (Lipinski definition) is 1. The first-order valence-corrected chi connectivity index (χ1v) is 10.1. The fourth-order valence-electron chi connectivity index (χ4n) is 3.86. The standard InChI is InChI=1S/C24H24N4O2/c1-4-28(14-22-26-21-12-8-6-10-18(21)24(30)27-22)23(29)13-19-15(2)17-9-5-7-11-20(17)25-16(19)3/h5-12H,4,13-14H2,1-3H3,(H,26,27,30).